The van der Waals surface area contributed by atoms with Crippen LogP contribution < -0.4 is 10.2 Å². The van der Waals surface area contributed by atoms with Crippen molar-refractivity contribution in [2.24, 2.45) is 0 Å². The zero-order chi connectivity index (χ0) is 15.9. The lowest BCUT2D eigenvalue weighted by Gasteiger charge is -2.30. The Labute approximate surface area is 130 Å². The van der Waals surface area contributed by atoms with Crippen molar-refractivity contribution in [3.63, 3.8) is 0 Å². The fourth-order valence-electron chi connectivity index (χ4n) is 2.77. The van der Waals surface area contributed by atoms with Gasteiger partial charge < -0.3 is 10.2 Å². The summed E-state index contributed by atoms with van der Waals surface area (Å²) in [6.45, 7) is 2.89. The average molecular weight is 310 g/mol. The maximum atomic E-state index is 13.4. The predicted octanol–water partition coefficient (Wildman–Crippen LogP) is 4.47. The zero-order valence-electron chi connectivity index (χ0n) is 13.1. The quantitative estimate of drug-likeness (QED) is 0.718. The Balaban J connectivity index is 1.88. The van der Waals surface area contributed by atoms with Crippen molar-refractivity contribution in [3.8, 4) is 0 Å². The van der Waals surface area contributed by atoms with E-state index in [0.717, 1.165) is 31.4 Å². The van der Waals surface area contributed by atoms with E-state index in [1.54, 1.807) is 4.90 Å². The molecule has 0 aromatic heterocycles. The summed E-state index contributed by atoms with van der Waals surface area (Å²) in [7, 11) is 0. The van der Waals surface area contributed by atoms with E-state index in [4.69, 9.17) is 0 Å². The number of amides is 1. The summed E-state index contributed by atoms with van der Waals surface area (Å²) < 4.78 is 26.7. The van der Waals surface area contributed by atoms with Crippen molar-refractivity contribution < 1.29 is 13.6 Å². The van der Waals surface area contributed by atoms with Crippen LogP contribution in [0.1, 0.15) is 51.9 Å². The number of fused-ring (bicyclic) bond motifs is 1. The second-order valence-electron chi connectivity index (χ2n) is 5.80. The number of halogens is 2. The molecule has 0 unspecified atom stereocenters. The minimum absolute atomic E-state index is 0.0931. The van der Waals surface area contributed by atoms with E-state index in [0.29, 0.717) is 17.9 Å². The molecule has 1 aromatic carbocycles. The van der Waals surface area contributed by atoms with Gasteiger partial charge in [-0.25, -0.2) is 8.78 Å². The first kappa shape index (κ1) is 16.7. The van der Waals surface area contributed by atoms with Crippen LogP contribution in [0, 0.1) is 11.6 Å². The Bertz CT molecular complexity index is 520. The molecule has 0 radical (unpaired) electrons. The van der Waals surface area contributed by atoms with Crippen LogP contribution in [0.25, 0.3) is 0 Å². The number of hydrogen-bond donors (Lipinski definition) is 1. The maximum Gasteiger partial charge on any atom is 0.246 e. The van der Waals surface area contributed by atoms with Crippen LogP contribution in [0.15, 0.2) is 12.1 Å². The first-order chi connectivity index (χ1) is 10.6. The predicted molar refractivity (Wildman–Crippen MR) is 85.2 cm³/mol. The van der Waals surface area contributed by atoms with E-state index in [1.165, 1.54) is 25.7 Å². The normalized spacial score (nSPS) is 14.0. The average Bonchev–Trinajstić information content (AvgIpc) is 2.50. The number of unbranched alkanes of at least 4 members (excludes halogenated alkanes) is 6. The molecule has 1 aliphatic rings. The van der Waals surface area contributed by atoms with Crippen molar-refractivity contribution >= 4 is 17.3 Å². The molecule has 0 saturated carbocycles. The van der Waals surface area contributed by atoms with Gasteiger partial charge in [-0.1, -0.05) is 45.4 Å². The summed E-state index contributed by atoms with van der Waals surface area (Å²) in [6.07, 6.45) is 8.08. The first-order valence-electron chi connectivity index (χ1n) is 8.16. The van der Waals surface area contributed by atoms with Gasteiger partial charge in [0.25, 0.3) is 0 Å². The molecule has 1 aromatic rings. The van der Waals surface area contributed by atoms with Gasteiger partial charge in [0.2, 0.25) is 5.91 Å². The van der Waals surface area contributed by atoms with E-state index in [1.807, 2.05) is 0 Å². The van der Waals surface area contributed by atoms with E-state index < -0.39 is 11.6 Å². The first-order valence-corrected chi connectivity index (χ1v) is 8.16. The second kappa shape index (κ2) is 8.11. The molecule has 3 nitrogen and oxygen atoms in total. The number of anilines is 2. The van der Waals surface area contributed by atoms with Gasteiger partial charge in [0.05, 0.1) is 17.9 Å². The Morgan fingerprint density at radius 1 is 1.05 bits per heavy atom. The van der Waals surface area contributed by atoms with Crippen molar-refractivity contribution in [1.82, 2.24) is 0 Å². The van der Waals surface area contributed by atoms with Gasteiger partial charge in [0.1, 0.15) is 0 Å². The van der Waals surface area contributed by atoms with Crippen LogP contribution in [0.2, 0.25) is 0 Å². The topological polar surface area (TPSA) is 32.3 Å². The summed E-state index contributed by atoms with van der Waals surface area (Å²) in [5.41, 5.74) is 0.933. The molecule has 0 fully saturated rings. The lowest BCUT2D eigenvalue weighted by Crippen LogP contribution is -2.40. The lowest BCUT2D eigenvalue weighted by atomic mass is 10.1. The molecule has 0 atom stereocenters. The number of benzene rings is 1. The van der Waals surface area contributed by atoms with Gasteiger partial charge in [-0.2, -0.15) is 0 Å². The van der Waals surface area contributed by atoms with Crippen molar-refractivity contribution in [3.05, 3.63) is 23.8 Å². The highest BCUT2D eigenvalue weighted by atomic mass is 19.2. The van der Waals surface area contributed by atoms with Crippen LogP contribution in [0.3, 0.4) is 0 Å². The van der Waals surface area contributed by atoms with E-state index in [-0.39, 0.29) is 12.5 Å². The molecule has 22 heavy (non-hydrogen) atoms. The van der Waals surface area contributed by atoms with Crippen LogP contribution in [0.4, 0.5) is 20.2 Å². The van der Waals surface area contributed by atoms with E-state index >= 15 is 0 Å². The molecule has 2 rings (SSSR count). The molecule has 0 aliphatic carbocycles. The molecule has 0 spiro atoms. The standard InChI is InChI=1S/C17H24F2N2O/c1-2-3-4-5-6-7-8-9-21-16-11-14(19)13(18)10-15(16)20-12-17(21)22/h10-11,20H,2-9,12H2,1H3. The molecular formula is C17H24F2N2O. The molecule has 0 saturated heterocycles. The zero-order valence-corrected chi connectivity index (χ0v) is 13.1. The van der Waals surface area contributed by atoms with Crippen LogP contribution >= 0.6 is 0 Å². The Morgan fingerprint density at radius 2 is 1.68 bits per heavy atom. The summed E-state index contributed by atoms with van der Waals surface area (Å²) in [6, 6.07) is 2.23. The molecule has 1 amide bonds. The van der Waals surface area contributed by atoms with Gasteiger partial charge in [-0.15, -0.1) is 0 Å². The molecule has 0 bridgehead atoms. The third-order valence-corrected chi connectivity index (χ3v) is 4.05. The smallest absolute Gasteiger partial charge is 0.246 e. The highest BCUT2D eigenvalue weighted by molar-refractivity contribution is 6.02. The minimum Gasteiger partial charge on any atom is -0.374 e. The van der Waals surface area contributed by atoms with Crippen LogP contribution in [-0.2, 0) is 4.79 Å². The van der Waals surface area contributed by atoms with Crippen molar-refractivity contribution in [2.45, 2.75) is 51.9 Å². The Kier molecular flexibility index (Phi) is 6.16. The number of nitrogens with one attached hydrogen (secondary N) is 1. The summed E-state index contributed by atoms with van der Waals surface area (Å²) in [4.78, 5) is 13.6. The van der Waals surface area contributed by atoms with Gasteiger partial charge in [-0.05, 0) is 6.42 Å². The highest BCUT2D eigenvalue weighted by Crippen LogP contribution is 2.32. The van der Waals surface area contributed by atoms with Gasteiger partial charge in [-0.3, -0.25) is 4.79 Å². The van der Waals surface area contributed by atoms with Crippen molar-refractivity contribution in [1.29, 1.82) is 0 Å². The Morgan fingerprint density at radius 3 is 2.41 bits per heavy atom. The third kappa shape index (κ3) is 4.18. The molecule has 122 valence electrons. The van der Waals surface area contributed by atoms with Gasteiger partial charge in [0.15, 0.2) is 11.6 Å². The van der Waals surface area contributed by atoms with Crippen LogP contribution in [0.5, 0.6) is 0 Å². The molecule has 5 heteroatoms. The number of nitrogens with zero attached hydrogens (tertiary/aromatic N) is 1. The number of carbonyl (C=O) groups excluding carboxylic acids is 1. The number of hydrogen-bond acceptors (Lipinski definition) is 2. The highest BCUT2D eigenvalue weighted by Gasteiger charge is 2.25. The summed E-state index contributed by atoms with van der Waals surface area (Å²) in [5, 5.41) is 2.84. The van der Waals surface area contributed by atoms with Gasteiger partial charge in [0, 0.05) is 18.7 Å². The SMILES string of the molecule is CCCCCCCCCN1C(=O)CNc2cc(F)c(F)cc21. The summed E-state index contributed by atoms with van der Waals surface area (Å²) in [5.74, 6) is -1.90. The van der Waals surface area contributed by atoms with E-state index in [2.05, 4.69) is 12.2 Å². The number of rotatable bonds is 8. The monoisotopic (exact) mass is 310 g/mol. The third-order valence-electron chi connectivity index (χ3n) is 4.05. The molecular weight excluding hydrogens is 286 g/mol. The largest absolute Gasteiger partial charge is 0.374 e. The fraction of sp³-hybridized carbons (Fsp3) is 0.588. The lowest BCUT2D eigenvalue weighted by molar-refractivity contribution is -0.117. The molecule has 1 N–H and O–H groups in total. The van der Waals surface area contributed by atoms with Crippen LogP contribution in [-0.4, -0.2) is 19.0 Å². The van der Waals surface area contributed by atoms with Gasteiger partial charge >= 0.3 is 0 Å². The minimum atomic E-state index is -0.917. The second-order valence-corrected chi connectivity index (χ2v) is 5.80. The van der Waals surface area contributed by atoms with Crippen molar-refractivity contribution in [2.75, 3.05) is 23.3 Å². The summed E-state index contributed by atoms with van der Waals surface area (Å²) >= 11 is 0. The molecule has 1 aliphatic heterocycles. The molecule has 1 heterocycles. The fourth-order valence-corrected chi connectivity index (χ4v) is 2.77. The van der Waals surface area contributed by atoms with E-state index in [9.17, 15) is 13.6 Å². The number of carbonyl (C=O) groups is 1. The maximum absolute atomic E-state index is 13.4. The Hall–Kier alpha value is -1.65.